The van der Waals surface area contributed by atoms with Crippen LogP contribution < -0.4 is 5.32 Å². The van der Waals surface area contributed by atoms with Crippen molar-refractivity contribution in [2.24, 2.45) is 0 Å². The fourth-order valence-electron chi connectivity index (χ4n) is 1.21. The average molecular weight is 304 g/mol. The van der Waals surface area contributed by atoms with Crippen molar-refractivity contribution in [2.75, 3.05) is 6.26 Å². The summed E-state index contributed by atoms with van der Waals surface area (Å²) in [4.78, 5) is 11.8. The summed E-state index contributed by atoms with van der Waals surface area (Å²) in [5.74, 6) is -0.831. The van der Waals surface area contributed by atoms with Gasteiger partial charge in [-0.3, -0.25) is 4.79 Å². The summed E-state index contributed by atoms with van der Waals surface area (Å²) < 4.78 is 1.03. The van der Waals surface area contributed by atoms with Crippen LogP contribution >= 0.6 is 27.7 Å². The number of carbonyl (C=O) groups is 1. The van der Waals surface area contributed by atoms with Crippen molar-refractivity contribution in [1.82, 2.24) is 5.32 Å². The van der Waals surface area contributed by atoms with Gasteiger partial charge in [-0.15, -0.1) is 11.8 Å². The summed E-state index contributed by atoms with van der Waals surface area (Å²) >= 11 is 5.06. The number of hydrogen-bond acceptors (Lipinski definition) is 3. The maximum atomic E-state index is 10.7. The molecule has 5 heteroatoms. The molecule has 0 fully saturated rings. The molecule has 88 valence electrons. The molecule has 0 saturated carbocycles. The number of benzene rings is 1. The van der Waals surface area contributed by atoms with Gasteiger partial charge in [0.15, 0.2) is 0 Å². The minimum absolute atomic E-state index is 0.529. The molecule has 1 aromatic carbocycles. The smallest absolute Gasteiger partial charge is 0.320 e. The summed E-state index contributed by atoms with van der Waals surface area (Å²) in [5, 5.41) is 11.7. The third-order valence-electron chi connectivity index (χ3n) is 2.22. The molecule has 1 unspecified atom stereocenters. The van der Waals surface area contributed by atoms with Crippen LogP contribution in [0, 0.1) is 0 Å². The molecule has 2 N–H and O–H groups in total. The summed E-state index contributed by atoms with van der Waals surface area (Å²) in [6.07, 6.45) is 2.01. The van der Waals surface area contributed by atoms with Crippen molar-refractivity contribution in [3.05, 3.63) is 28.2 Å². The molecule has 0 amide bonds. The van der Waals surface area contributed by atoms with Crippen LogP contribution in [-0.4, -0.2) is 23.4 Å². The van der Waals surface area contributed by atoms with E-state index < -0.39 is 12.0 Å². The largest absolute Gasteiger partial charge is 0.480 e. The van der Waals surface area contributed by atoms with Crippen molar-refractivity contribution in [3.8, 4) is 0 Å². The molecule has 1 rings (SSSR count). The van der Waals surface area contributed by atoms with E-state index in [2.05, 4.69) is 21.2 Å². The molecule has 0 heterocycles. The highest BCUT2D eigenvalue weighted by Crippen LogP contribution is 2.24. The van der Waals surface area contributed by atoms with Crippen LogP contribution in [0.25, 0.3) is 0 Å². The minimum Gasteiger partial charge on any atom is -0.480 e. The van der Waals surface area contributed by atoms with Crippen LogP contribution in [0.2, 0.25) is 0 Å². The van der Waals surface area contributed by atoms with Crippen LogP contribution in [0.5, 0.6) is 0 Å². The highest BCUT2D eigenvalue weighted by Gasteiger charge is 2.10. The van der Waals surface area contributed by atoms with Gasteiger partial charge in [0.25, 0.3) is 0 Å². The Morgan fingerprint density at radius 3 is 2.88 bits per heavy atom. The minimum atomic E-state index is -0.831. The Morgan fingerprint density at radius 1 is 1.62 bits per heavy atom. The molecule has 0 aromatic heterocycles. The second kappa shape index (κ2) is 6.27. The lowest BCUT2D eigenvalue weighted by Gasteiger charge is -2.12. The van der Waals surface area contributed by atoms with Crippen molar-refractivity contribution >= 4 is 33.7 Å². The van der Waals surface area contributed by atoms with Crippen molar-refractivity contribution in [2.45, 2.75) is 24.4 Å². The van der Waals surface area contributed by atoms with Crippen LogP contribution in [0.15, 0.2) is 27.6 Å². The lowest BCUT2D eigenvalue weighted by atomic mass is 10.2. The molecular formula is C11H14BrNO2S. The SMILES string of the molecule is CSc1cc(Br)ccc1CNC(C)C(=O)O. The van der Waals surface area contributed by atoms with Crippen LogP contribution in [0.3, 0.4) is 0 Å². The molecule has 0 aliphatic heterocycles. The topological polar surface area (TPSA) is 49.3 Å². The zero-order valence-corrected chi connectivity index (χ0v) is 11.6. The highest BCUT2D eigenvalue weighted by molar-refractivity contribution is 9.10. The fraction of sp³-hybridized carbons (Fsp3) is 0.364. The van der Waals surface area contributed by atoms with Gasteiger partial charge < -0.3 is 10.4 Å². The van der Waals surface area contributed by atoms with Gasteiger partial charge in [-0.25, -0.2) is 0 Å². The molecule has 0 aliphatic carbocycles. The monoisotopic (exact) mass is 303 g/mol. The third-order valence-corrected chi connectivity index (χ3v) is 3.53. The van der Waals surface area contributed by atoms with E-state index in [0.717, 1.165) is 14.9 Å². The molecule has 0 saturated heterocycles. The standard InChI is InChI=1S/C11H14BrNO2S/c1-7(11(14)15)13-6-8-3-4-9(12)5-10(8)16-2/h3-5,7,13H,6H2,1-2H3,(H,14,15). The van der Waals surface area contributed by atoms with Gasteiger partial charge >= 0.3 is 5.97 Å². The Bertz CT molecular complexity index is 384. The highest BCUT2D eigenvalue weighted by atomic mass is 79.9. The number of carboxylic acids is 1. The number of hydrogen-bond donors (Lipinski definition) is 2. The van der Waals surface area contributed by atoms with Gasteiger partial charge in [-0.2, -0.15) is 0 Å². The Labute approximate surface area is 108 Å². The predicted molar refractivity (Wildman–Crippen MR) is 69.9 cm³/mol. The molecule has 0 radical (unpaired) electrons. The molecule has 3 nitrogen and oxygen atoms in total. The molecule has 0 spiro atoms. The van der Waals surface area contributed by atoms with E-state index in [0.29, 0.717) is 6.54 Å². The zero-order valence-electron chi connectivity index (χ0n) is 9.16. The number of thioether (sulfide) groups is 1. The number of rotatable bonds is 5. The Morgan fingerprint density at radius 2 is 2.31 bits per heavy atom. The van der Waals surface area contributed by atoms with Gasteiger partial charge in [0, 0.05) is 15.9 Å². The molecular weight excluding hydrogens is 290 g/mol. The van der Waals surface area contributed by atoms with Crippen LogP contribution in [-0.2, 0) is 11.3 Å². The summed E-state index contributed by atoms with van der Waals surface area (Å²) in [7, 11) is 0. The Hall–Kier alpha value is -0.520. The second-order valence-corrected chi connectivity index (χ2v) is 5.16. The number of halogens is 1. The maximum Gasteiger partial charge on any atom is 0.320 e. The predicted octanol–water partition coefficient (Wildman–Crippen LogP) is 2.73. The number of carboxylic acid groups (broad SMARTS) is 1. The lowest BCUT2D eigenvalue weighted by Crippen LogP contribution is -2.33. The normalized spacial score (nSPS) is 12.4. The first kappa shape index (κ1) is 13.5. The van der Waals surface area contributed by atoms with Crippen molar-refractivity contribution < 1.29 is 9.90 Å². The molecule has 1 atom stereocenters. The number of nitrogens with one attached hydrogen (secondary N) is 1. The maximum absolute atomic E-state index is 10.7. The van der Waals surface area contributed by atoms with E-state index in [-0.39, 0.29) is 0 Å². The zero-order chi connectivity index (χ0) is 12.1. The quantitative estimate of drug-likeness (QED) is 0.821. The molecule has 0 bridgehead atoms. The van der Waals surface area contributed by atoms with E-state index in [4.69, 9.17) is 5.11 Å². The first-order valence-electron chi connectivity index (χ1n) is 4.83. The van der Waals surface area contributed by atoms with E-state index >= 15 is 0 Å². The first-order valence-corrected chi connectivity index (χ1v) is 6.85. The van der Waals surface area contributed by atoms with E-state index in [9.17, 15) is 4.79 Å². The second-order valence-electron chi connectivity index (χ2n) is 3.40. The fourth-order valence-corrected chi connectivity index (χ4v) is 2.37. The molecule has 16 heavy (non-hydrogen) atoms. The first-order chi connectivity index (χ1) is 7.54. The van der Waals surface area contributed by atoms with Gasteiger partial charge in [0.05, 0.1) is 0 Å². The van der Waals surface area contributed by atoms with Gasteiger partial charge in [-0.1, -0.05) is 22.0 Å². The van der Waals surface area contributed by atoms with Gasteiger partial charge in [0.2, 0.25) is 0 Å². The van der Waals surface area contributed by atoms with Crippen LogP contribution in [0.1, 0.15) is 12.5 Å². The van der Waals surface area contributed by atoms with Crippen LogP contribution in [0.4, 0.5) is 0 Å². The Balaban J connectivity index is 2.70. The van der Waals surface area contributed by atoms with E-state index in [1.54, 1.807) is 18.7 Å². The molecule has 0 aliphatic rings. The average Bonchev–Trinajstić information content (AvgIpc) is 2.26. The van der Waals surface area contributed by atoms with Gasteiger partial charge in [-0.05, 0) is 30.9 Å². The molecule has 1 aromatic rings. The van der Waals surface area contributed by atoms with Crippen molar-refractivity contribution in [1.29, 1.82) is 0 Å². The van der Waals surface area contributed by atoms with E-state index in [1.807, 2.05) is 24.5 Å². The third kappa shape index (κ3) is 3.81. The van der Waals surface area contributed by atoms with Crippen molar-refractivity contribution in [3.63, 3.8) is 0 Å². The van der Waals surface area contributed by atoms with E-state index in [1.165, 1.54) is 0 Å². The summed E-state index contributed by atoms with van der Waals surface area (Å²) in [6.45, 7) is 2.21. The lowest BCUT2D eigenvalue weighted by molar-refractivity contribution is -0.139. The van der Waals surface area contributed by atoms with Gasteiger partial charge in [0.1, 0.15) is 6.04 Å². The summed E-state index contributed by atoms with van der Waals surface area (Å²) in [5.41, 5.74) is 1.11. The Kier molecular flexibility index (Phi) is 5.31. The number of aliphatic carboxylic acids is 1. The summed E-state index contributed by atoms with van der Waals surface area (Å²) in [6, 6.07) is 5.46.